The van der Waals surface area contributed by atoms with E-state index in [9.17, 15) is 4.79 Å². The van der Waals surface area contributed by atoms with Gasteiger partial charge in [-0.05, 0) is 33.4 Å². The second-order valence-corrected chi connectivity index (χ2v) is 4.53. The molecule has 2 nitrogen and oxygen atoms in total. The van der Waals surface area contributed by atoms with Gasteiger partial charge in [-0.25, -0.2) is 0 Å². The minimum atomic E-state index is -0.0253. The van der Waals surface area contributed by atoms with Crippen molar-refractivity contribution in [2.24, 2.45) is 0 Å². The summed E-state index contributed by atoms with van der Waals surface area (Å²) in [5.74, 6) is 0.223. The number of benzene rings is 1. The Balaban J connectivity index is 2.77. The summed E-state index contributed by atoms with van der Waals surface area (Å²) in [6, 6.07) is 7.82. The number of carbonyl (C=O) groups excluding carboxylic acids is 1. The second kappa shape index (κ2) is 6.55. The summed E-state index contributed by atoms with van der Waals surface area (Å²) >= 11 is 0. The fraction of sp³-hybridized carbons (Fsp3) is 0.533. The molecule has 94 valence electrons. The third kappa shape index (κ3) is 3.67. The zero-order chi connectivity index (χ0) is 12.8. The number of Topliss-reactive ketones (excluding diaryl/α,β-unsaturated/α-hetero) is 1. The van der Waals surface area contributed by atoms with E-state index in [4.69, 9.17) is 0 Å². The maximum Gasteiger partial charge on any atom is 0.179 e. The SMILES string of the molecule is CCCN(CC)C(C)C(=O)c1ccc(C)cc1. The van der Waals surface area contributed by atoms with Crippen molar-refractivity contribution in [3.8, 4) is 0 Å². The minimum absolute atomic E-state index is 0.0253. The second-order valence-electron chi connectivity index (χ2n) is 4.53. The van der Waals surface area contributed by atoms with Crippen LogP contribution in [0.15, 0.2) is 24.3 Å². The summed E-state index contributed by atoms with van der Waals surface area (Å²) in [5.41, 5.74) is 2.01. The van der Waals surface area contributed by atoms with Gasteiger partial charge in [-0.15, -0.1) is 0 Å². The van der Waals surface area contributed by atoms with Gasteiger partial charge in [0.15, 0.2) is 5.78 Å². The topological polar surface area (TPSA) is 20.3 Å². The summed E-state index contributed by atoms with van der Waals surface area (Å²) < 4.78 is 0. The van der Waals surface area contributed by atoms with Crippen LogP contribution in [-0.4, -0.2) is 29.8 Å². The molecule has 0 radical (unpaired) electrons. The number of likely N-dealkylation sites (N-methyl/N-ethyl adjacent to an activating group) is 1. The number of hydrogen-bond donors (Lipinski definition) is 0. The summed E-state index contributed by atoms with van der Waals surface area (Å²) in [5, 5.41) is 0. The van der Waals surface area contributed by atoms with Gasteiger partial charge in [0.2, 0.25) is 0 Å². The highest BCUT2D eigenvalue weighted by Crippen LogP contribution is 2.10. The van der Waals surface area contributed by atoms with Crippen LogP contribution in [0.5, 0.6) is 0 Å². The van der Waals surface area contributed by atoms with Crippen LogP contribution < -0.4 is 0 Å². The maximum absolute atomic E-state index is 12.3. The molecule has 1 aromatic carbocycles. The molecule has 2 heteroatoms. The molecule has 0 aliphatic heterocycles. The van der Waals surface area contributed by atoms with Gasteiger partial charge in [-0.3, -0.25) is 9.69 Å². The van der Waals surface area contributed by atoms with E-state index >= 15 is 0 Å². The van der Waals surface area contributed by atoms with Gasteiger partial charge >= 0.3 is 0 Å². The van der Waals surface area contributed by atoms with Gasteiger partial charge in [0.05, 0.1) is 6.04 Å². The monoisotopic (exact) mass is 233 g/mol. The Morgan fingerprint density at radius 3 is 2.29 bits per heavy atom. The van der Waals surface area contributed by atoms with E-state index in [2.05, 4.69) is 18.7 Å². The lowest BCUT2D eigenvalue weighted by Gasteiger charge is -2.26. The fourth-order valence-corrected chi connectivity index (χ4v) is 2.04. The van der Waals surface area contributed by atoms with Crippen LogP contribution in [0.25, 0.3) is 0 Å². The van der Waals surface area contributed by atoms with Crippen LogP contribution in [0.1, 0.15) is 43.1 Å². The van der Waals surface area contributed by atoms with Gasteiger partial charge in [-0.2, -0.15) is 0 Å². The van der Waals surface area contributed by atoms with E-state index in [1.165, 1.54) is 5.56 Å². The lowest BCUT2D eigenvalue weighted by Crippen LogP contribution is -2.39. The molecule has 17 heavy (non-hydrogen) atoms. The molecule has 0 saturated carbocycles. The van der Waals surface area contributed by atoms with E-state index < -0.39 is 0 Å². The molecule has 1 aromatic rings. The van der Waals surface area contributed by atoms with Crippen LogP contribution >= 0.6 is 0 Å². The Labute approximate surface area is 105 Å². The summed E-state index contributed by atoms with van der Waals surface area (Å²) in [6.45, 7) is 10.2. The van der Waals surface area contributed by atoms with Crippen LogP contribution in [0.4, 0.5) is 0 Å². The van der Waals surface area contributed by atoms with E-state index in [0.29, 0.717) is 0 Å². The molecule has 0 heterocycles. The van der Waals surface area contributed by atoms with Gasteiger partial charge in [0, 0.05) is 5.56 Å². The van der Waals surface area contributed by atoms with Crippen molar-refractivity contribution in [3.63, 3.8) is 0 Å². The zero-order valence-electron chi connectivity index (χ0n) is 11.4. The number of nitrogens with zero attached hydrogens (tertiary/aromatic N) is 1. The van der Waals surface area contributed by atoms with Gasteiger partial charge < -0.3 is 0 Å². The first-order chi connectivity index (χ1) is 8.10. The molecule has 1 unspecified atom stereocenters. The van der Waals surface area contributed by atoms with Crippen LogP contribution in [0.3, 0.4) is 0 Å². The van der Waals surface area contributed by atoms with Crippen LogP contribution in [0.2, 0.25) is 0 Å². The molecule has 0 saturated heterocycles. The summed E-state index contributed by atoms with van der Waals surface area (Å²) in [6.07, 6.45) is 1.08. The van der Waals surface area contributed by atoms with Crippen molar-refractivity contribution in [1.29, 1.82) is 0 Å². The molecule has 0 aliphatic rings. The lowest BCUT2D eigenvalue weighted by atomic mass is 10.0. The molecule has 1 atom stereocenters. The minimum Gasteiger partial charge on any atom is -0.294 e. The van der Waals surface area contributed by atoms with Crippen molar-refractivity contribution < 1.29 is 4.79 Å². The van der Waals surface area contributed by atoms with Crippen LogP contribution in [-0.2, 0) is 0 Å². The summed E-state index contributed by atoms with van der Waals surface area (Å²) in [4.78, 5) is 14.5. The molecule has 0 fully saturated rings. The standard InChI is InChI=1S/C15H23NO/c1-5-11-16(6-2)13(4)15(17)14-9-7-12(3)8-10-14/h7-10,13H,5-6,11H2,1-4H3. The van der Waals surface area contributed by atoms with Gasteiger partial charge in [0.25, 0.3) is 0 Å². The number of rotatable bonds is 6. The zero-order valence-corrected chi connectivity index (χ0v) is 11.4. The Morgan fingerprint density at radius 1 is 1.24 bits per heavy atom. The van der Waals surface area contributed by atoms with Crippen molar-refractivity contribution >= 4 is 5.78 Å². The normalized spacial score (nSPS) is 12.8. The summed E-state index contributed by atoms with van der Waals surface area (Å²) in [7, 11) is 0. The molecule has 0 spiro atoms. The average Bonchev–Trinajstić information content (AvgIpc) is 2.35. The highest BCUT2D eigenvalue weighted by Gasteiger charge is 2.20. The Morgan fingerprint density at radius 2 is 1.82 bits per heavy atom. The molecule has 0 aromatic heterocycles. The molecule has 0 bridgehead atoms. The van der Waals surface area contributed by atoms with Crippen molar-refractivity contribution in [1.82, 2.24) is 4.90 Å². The van der Waals surface area contributed by atoms with Crippen LogP contribution in [0, 0.1) is 6.92 Å². The first-order valence-corrected chi connectivity index (χ1v) is 6.45. The van der Waals surface area contributed by atoms with E-state index in [1.807, 2.05) is 38.1 Å². The molecule has 0 aliphatic carbocycles. The number of ketones is 1. The van der Waals surface area contributed by atoms with E-state index in [0.717, 1.165) is 25.1 Å². The Kier molecular flexibility index (Phi) is 5.36. The smallest absolute Gasteiger partial charge is 0.179 e. The largest absolute Gasteiger partial charge is 0.294 e. The molecule has 0 amide bonds. The first kappa shape index (κ1) is 13.9. The van der Waals surface area contributed by atoms with Gasteiger partial charge in [0.1, 0.15) is 0 Å². The maximum atomic E-state index is 12.3. The molecule has 1 rings (SSSR count). The number of aryl methyl sites for hydroxylation is 1. The highest BCUT2D eigenvalue weighted by atomic mass is 16.1. The average molecular weight is 233 g/mol. The Hall–Kier alpha value is -1.15. The van der Waals surface area contributed by atoms with Crippen molar-refractivity contribution in [2.75, 3.05) is 13.1 Å². The van der Waals surface area contributed by atoms with Crippen molar-refractivity contribution in [2.45, 2.75) is 40.2 Å². The third-order valence-corrected chi connectivity index (χ3v) is 3.18. The highest BCUT2D eigenvalue weighted by molar-refractivity contribution is 5.99. The van der Waals surface area contributed by atoms with E-state index in [1.54, 1.807) is 0 Å². The van der Waals surface area contributed by atoms with Gasteiger partial charge in [-0.1, -0.05) is 43.7 Å². The predicted octanol–water partition coefficient (Wildman–Crippen LogP) is 3.30. The third-order valence-electron chi connectivity index (χ3n) is 3.18. The molecular formula is C15H23NO. The first-order valence-electron chi connectivity index (χ1n) is 6.45. The quantitative estimate of drug-likeness (QED) is 0.703. The van der Waals surface area contributed by atoms with Crippen molar-refractivity contribution in [3.05, 3.63) is 35.4 Å². The van der Waals surface area contributed by atoms with E-state index in [-0.39, 0.29) is 11.8 Å². The fourth-order valence-electron chi connectivity index (χ4n) is 2.04. The molecular weight excluding hydrogens is 210 g/mol. The Bertz CT molecular complexity index is 356. The number of hydrogen-bond acceptors (Lipinski definition) is 2. The molecule has 0 N–H and O–H groups in total. The lowest BCUT2D eigenvalue weighted by molar-refractivity contribution is 0.0845. The predicted molar refractivity (Wildman–Crippen MR) is 72.5 cm³/mol. The number of carbonyl (C=O) groups is 1.